The second-order valence-corrected chi connectivity index (χ2v) is 9.16. The lowest BCUT2D eigenvalue weighted by Gasteiger charge is -2.27. The van der Waals surface area contributed by atoms with Gasteiger partial charge in [-0.3, -0.25) is 4.90 Å². The maximum Gasteiger partial charge on any atom is 0.191 e. The van der Waals surface area contributed by atoms with Crippen LogP contribution in [0.3, 0.4) is 0 Å². The number of nitrogens with zero attached hydrogens (tertiary/aromatic N) is 4. The SMILES string of the molecule is Fc1ccc(-c2nnc(SCc3cc(Cl)c4c(c3)OCCO4)n2CCN2CCOCC2)cc1. The topological polar surface area (TPSA) is 61.6 Å². The molecule has 10 heteroatoms. The van der Waals surface area contributed by atoms with Crippen molar-refractivity contribution < 1.29 is 18.6 Å². The molecular weight excluding hydrogens is 467 g/mol. The third-order valence-electron chi connectivity index (χ3n) is 5.59. The van der Waals surface area contributed by atoms with Crippen molar-refractivity contribution in [1.29, 1.82) is 0 Å². The zero-order valence-electron chi connectivity index (χ0n) is 18.0. The van der Waals surface area contributed by atoms with E-state index in [1.54, 1.807) is 23.9 Å². The number of aromatic nitrogens is 3. The molecule has 1 aromatic heterocycles. The van der Waals surface area contributed by atoms with E-state index in [1.807, 2.05) is 12.1 Å². The van der Waals surface area contributed by atoms with E-state index < -0.39 is 0 Å². The Kier molecular flexibility index (Phi) is 7.01. The summed E-state index contributed by atoms with van der Waals surface area (Å²) >= 11 is 7.98. The van der Waals surface area contributed by atoms with Gasteiger partial charge in [-0.1, -0.05) is 23.4 Å². The van der Waals surface area contributed by atoms with Crippen LogP contribution in [0.25, 0.3) is 11.4 Å². The van der Waals surface area contributed by atoms with Crippen LogP contribution in [0.5, 0.6) is 11.5 Å². The molecule has 0 N–H and O–H groups in total. The molecule has 7 nitrogen and oxygen atoms in total. The van der Waals surface area contributed by atoms with Gasteiger partial charge in [0.25, 0.3) is 0 Å². The predicted octanol–water partition coefficient (Wildman–Crippen LogP) is 4.13. The highest BCUT2D eigenvalue weighted by Crippen LogP contribution is 2.39. The van der Waals surface area contributed by atoms with E-state index in [1.165, 1.54) is 12.1 Å². The van der Waals surface area contributed by atoms with Crippen molar-refractivity contribution in [2.45, 2.75) is 17.5 Å². The summed E-state index contributed by atoms with van der Waals surface area (Å²) in [5.74, 6) is 2.37. The molecule has 1 saturated heterocycles. The van der Waals surface area contributed by atoms with Gasteiger partial charge in [0, 0.05) is 37.5 Å². The highest BCUT2D eigenvalue weighted by atomic mass is 35.5. The third kappa shape index (κ3) is 5.27. The van der Waals surface area contributed by atoms with E-state index in [9.17, 15) is 4.39 Å². The standard InChI is InChI=1S/C23H24ClFN4O3S/c24-19-13-16(14-20-21(19)32-12-11-31-20)15-33-23-27-26-22(17-1-3-18(25)4-2-17)29(23)6-5-28-7-9-30-10-8-28/h1-4,13-14H,5-12,15H2. The van der Waals surface area contributed by atoms with Crippen molar-refractivity contribution in [1.82, 2.24) is 19.7 Å². The fourth-order valence-corrected chi connectivity index (χ4v) is 5.05. The second kappa shape index (κ2) is 10.3. The van der Waals surface area contributed by atoms with Crippen molar-refractivity contribution in [3.05, 3.63) is 52.8 Å². The Morgan fingerprint density at radius 3 is 2.58 bits per heavy atom. The smallest absolute Gasteiger partial charge is 0.191 e. The fourth-order valence-electron chi connectivity index (χ4n) is 3.87. The molecule has 2 aromatic carbocycles. The van der Waals surface area contributed by atoms with Gasteiger partial charge < -0.3 is 18.8 Å². The summed E-state index contributed by atoms with van der Waals surface area (Å²) in [6.07, 6.45) is 0. The summed E-state index contributed by atoms with van der Waals surface area (Å²) in [7, 11) is 0. The highest BCUT2D eigenvalue weighted by molar-refractivity contribution is 7.98. The molecule has 2 aliphatic rings. The lowest BCUT2D eigenvalue weighted by Crippen LogP contribution is -2.38. The van der Waals surface area contributed by atoms with Crippen molar-refractivity contribution in [3.63, 3.8) is 0 Å². The van der Waals surface area contributed by atoms with Gasteiger partial charge in [-0.25, -0.2) is 4.39 Å². The minimum Gasteiger partial charge on any atom is -0.486 e. The van der Waals surface area contributed by atoms with Gasteiger partial charge in [-0.15, -0.1) is 10.2 Å². The average Bonchev–Trinajstić information content (AvgIpc) is 3.25. The van der Waals surface area contributed by atoms with Crippen molar-refractivity contribution >= 4 is 23.4 Å². The number of morpholine rings is 1. The van der Waals surface area contributed by atoms with Gasteiger partial charge in [0.15, 0.2) is 22.5 Å². The largest absolute Gasteiger partial charge is 0.486 e. The van der Waals surface area contributed by atoms with E-state index in [-0.39, 0.29) is 5.82 Å². The minimum atomic E-state index is -0.275. The Bertz CT molecular complexity index is 1110. The van der Waals surface area contributed by atoms with Gasteiger partial charge in [0.05, 0.1) is 18.2 Å². The number of rotatable bonds is 7. The quantitative estimate of drug-likeness (QED) is 0.461. The first kappa shape index (κ1) is 22.5. The normalized spacial score (nSPS) is 16.2. The lowest BCUT2D eigenvalue weighted by molar-refractivity contribution is 0.0361. The Labute approximate surface area is 200 Å². The molecule has 0 saturated carbocycles. The second-order valence-electron chi connectivity index (χ2n) is 7.81. The molecule has 1 fully saturated rings. The Hall–Kier alpha value is -2.33. The van der Waals surface area contributed by atoms with E-state index in [4.69, 9.17) is 25.8 Å². The van der Waals surface area contributed by atoms with E-state index >= 15 is 0 Å². The maximum absolute atomic E-state index is 13.5. The Morgan fingerprint density at radius 2 is 1.76 bits per heavy atom. The predicted molar refractivity (Wildman–Crippen MR) is 125 cm³/mol. The van der Waals surface area contributed by atoms with Crippen LogP contribution in [0.1, 0.15) is 5.56 Å². The van der Waals surface area contributed by atoms with Crippen LogP contribution in [0, 0.1) is 5.82 Å². The van der Waals surface area contributed by atoms with Gasteiger partial charge in [-0.05, 0) is 42.0 Å². The van der Waals surface area contributed by atoms with Gasteiger partial charge in [0.1, 0.15) is 19.0 Å². The summed E-state index contributed by atoms with van der Waals surface area (Å²) in [5, 5.41) is 10.2. The first-order chi connectivity index (χ1) is 16.2. The summed E-state index contributed by atoms with van der Waals surface area (Å²) < 4.78 is 32.3. The zero-order valence-corrected chi connectivity index (χ0v) is 19.6. The molecule has 174 valence electrons. The van der Waals surface area contributed by atoms with E-state index in [2.05, 4.69) is 19.7 Å². The molecule has 2 aliphatic heterocycles. The molecule has 0 bridgehead atoms. The molecule has 5 rings (SSSR count). The zero-order chi connectivity index (χ0) is 22.6. The minimum absolute atomic E-state index is 0.275. The number of thioether (sulfide) groups is 1. The van der Waals surface area contributed by atoms with E-state index in [0.29, 0.717) is 35.5 Å². The number of hydrogen-bond donors (Lipinski definition) is 0. The van der Waals surface area contributed by atoms with Crippen LogP contribution in [0.15, 0.2) is 41.6 Å². The van der Waals surface area contributed by atoms with Crippen LogP contribution >= 0.6 is 23.4 Å². The first-order valence-electron chi connectivity index (χ1n) is 10.9. The molecule has 3 heterocycles. The monoisotopic (exact) mass is 490 g/mol. The molecular formula is C23H24ClFN4O3S. The summed E-state index contributed by atoms with van der Waals surface area (Å²) in [5.41, 5.74) is 1.85. The third-order valence-corrected chi connectivity index (χ3v) is 6.91. The molecule has 0 aliphatic carbocycles. The number of hydrogen-bond acceptors (Lipinski definition) is 7. The number of benzene rings is 2. The van der Waals surface area contributed by atoms with Crippen molar-refractivity contribution in [2.24, 2.45) is 0 Å². The summed E-state index contributed by atoms with van der Waals surface area (Å²) in [4.78, 5) is 2.37. The average molecular weight is 491 g/mol. The molecule has 0 amide bonds. The molecule has 3 aromatic rings. The maximum atomic E-state index is 13.5. The van der Waals surface area contributed by atoms with Crippen LogP contribution in [0.2, 0.25) is 5.02 Å². The molecule has 0 unspecified atom stereocenters. The summed E-state index contributed by atoms with van der Waals surface area (Å²) in [6.45, 7) is 5.91. The number of ether oxygens (including phenoxy) is 3. The van der Waals surface area contributed by atoms with Crippen LogP contribution in [0.4, 0.5) is 4.39 Å². The van der Waals surface area contributed by atoms with E-state index in [0.717, 1.165) is 61.5 Å². The molecule has 33 heavy (non-hydrogen) atoms. The van der Waals surface area contributed by atoms with Crippen molar-refractivity contribution in [2.75, 3.05) is 46.1 Å². The Balaban J connectivity index is 1.37. The first-order valence-corrected chi connectivity index (χ1v) is 12.2. The number of halogens is 2. The highest BCUT2D eigenvalue weighted by Gasteiger charge is 2.19. The molecule has 0 atom stereocenters. The van der Waals surface area contributed by atoms with Crippen LogP contribution < -0.4 is 9.47 Å². The number of fused-ring (bicyclic) bond motifs is 1. The van der Waals surface area contributed by atoms with Crippen LogP contribution in [-0.4, -0.2) is 65.7 Å². The molecule has 0 spiro atoms. The lowest BCUT2D eigenvalue weighted by atomic mass is 10.2. The Morgan fingerprint density at radius 1 is 0.970 bits per heavy atom. The van der Waals surface area contributed by atoms with Crippen molar-refractivity contribution in [3.8, 4) is 22.9 Å². The summed E-state index contributed by atoms with van der Waals surface area (Å²) in [6, 6.07) is 10.2. The van der Waals surface area contributed by atoms with Gasteiger partial charge >= 0.3 is 0 Å². The van der Waals surface area contributed by atoms with Gasteiger partial charge in [-0.2, -0.15) is 0 Å². The van der Waals surface area contributed by atoms with Gasteiger partial charge in [0.2, 0.25) is 0 Å². The van der Waals surface area contributed by atoms with Crippen LogP contribution in [-0.2, 0) is 17.0 Å². The fraction of sp³-hybridized carbons (Fsp3) is 0.391. The molecule has 0 radical (unpaired) electrons.